The Hall–Kier alpha value is -0.0900. The lowest BCUT2D eigenvalue weighted by atomic mass is 9.87. The third kappa shape index (κ3) is 4.51. The summed E-state index contributed by atoms with van der Waals surface area (Å²) >= 11 is 0. The molecule has 0 aromatic carbocycles. The average molecular weight is 236 g/mol. The van der Waals surface area contributed by atoms with Crippen molar-refractivity contribution >= 4 is 9.84 Å². The van der Waals surface area contributed by atoms with Gasteiger partial charge >= 0.3 is 0 Å². The molecule has 1 unspecified atom stereocenters. The van der Waals surface area contributed by atoms with Gasteiger partial charge in [0.1, 0.15) is 0 Å². The molecule has 0 aliphatic carbocycles. The minimum atomic E-state index is -3.22. The molecule has 4 heteroatoms. The highest BCUT2D eigenvalue weighted by Crippen LogP contribution is 2.28. The average Bonchev–Trinajstić information content (AvgIpc) is 1.96. The SMILES string of the molecule is CC(C)(C)CCC(O)C(C)(C)S(C)(=O)=O. The van der Waals surface area contributed by atoms with Gasteiger partial charge in [-0.1, -0.05) is 20.8 Å². The predicted molar refractivity (Wildman–Crippen MR) is 63.6 cm³/mol. The van der Waals surface area contributed by atoms with E-state index in [0.717, 1.165) is 6.42 Å². The van der Waals surface area contributed by atoms with Gasteiger partial charge < -0.3 is 5.11 Å². The summed E-state index contributed by atoms with van der Waals surface area (Å²) in [6.45, 7) is 9.39. The van der Waals surface area contributed by atoms with Crippen LogP contribution in [0.25, 0.3) is 0 Å². The molecular weight excluding hydrogens is 212 g/mol. The Morgan fingerprint density at radius 1 is 1.13 bits per heavy atom. The van der Waals surface area contributed by atoms with E-state index in [1.165, 1.54) is 6.26 Å². The summed E-state index contributed by atoms with van der Waals surface area (Å²) in [4.78, 5) is 0. The van der Waals surface area contributed by atoms with Gasteiger partial charge in [0.05, 0.1) is 10.9 Å². The van der Waals surface area contributed by atoms with Crippen molar-refractivity contribution in [1.29, 1.82) is 0 Å². The van der Waals surface area contributed by atoms with E-state index in [0.29, 0.717) is 6.42 Å². The molecule has 0 rings (SSSR count). The molecule has 0 amide bonds. The summed E-state index contributed by atoms with van der Waals surface area (Å²) in [5.74, 6) is 0. The molecular formula is C11H24O3S. The lowest BCUT2D eigenvalue weighted by Crippen LogP contribution is -2.43. The number of aliphatic hydroxyl groups is 1. The second-order valence-corrected chi connectivity index (χ2v) is 8.59. The molecule has 15 heavy (non-hydrogen) atoms. The minimum Gasteiger partial charge on any atom is -0.392 e. The molecule has 0 heterocycles. The Kier molecular flexibility index (Phi) is 4.39. The van der Waals surface area contributed by atoms with Crippen molar-refractivity contribution in [2.75, 3.05) is 6.26 Å². The summed E-state index contributed by atoms with van der Waals surface area (Å²) in [5, 5.41) is 9.90. The van der Waals surface area contributed by atoms with Gasteiger partial charge in [-0.25, -0.2) is 8.42 Å². The molecule has 0 saturated carbocycles. The lowest BCUT2D eigenvalue weighted by molar-refractivity contribution is 0.113. The van der Waals surface area contributed by atoms with Gasteiger partial charge in [-0.2, -0.15) is 0 Å². The maximum absolute atomic E-state index is 11.5. The highest BCUT2D eigenvalue weighted by Gasteiger charge is 2.38. The van der Waals surface area contributed by atoms with Crippen molar-refractivity contribution in [3.8, 4) is 0 Å². The monoisotopic (exact) mass is 236 g/mol. The van der Waals surface area contributed by atoms with Crippen molar-refractivity contribution in [1.82, 2.24) is 0 Å². The first-order chi connectivity index (χ1) is 6.38. The van der Waals surface area contributed by atoms with E-state index in [2.05, 4.69) is 20.8 Å². The summed E-state index contributed by atoms with van der Waals surface area (Å²) in [6, 6.07) is 0. The van der Waals surface area contributed by atoms with E-state index in [4.69, 9.17) is 0 Å². The normalized spacial score (nSPS) is 16.5. The van der Waals surface area contributed by atoms with Gasteiger partial charge in [0.25, 0.3) is 0 Å². The molecule has 0 aliphatic heterocycles. The van der Waals surface area contributed by atoms with Gasteiger partial charge in [-0.15, -0.1) is 0 Å². The number of sulfone groups is 1. The lowest BCUT2D eigenvalue weighted by Gasteiger charge is -2.30. The molecule has 0 aromatic rings. The van der Waals surface area contributed by atoms with Crippen molar-refractivity contribution in [3.05, 3.63) is 0 Å². The van der Waals surface area contributed by atoms with Crippen molar-refractivity contribution < 1.29 is 13.5 Å². The van der Waals surface area contributed by atoms with E-state index in [1.807, 2.05) is 0 Å². The second-order valence-electron chi connectivity index (χ2n) is 5.99. The van der Waals surface area contributed by atoms with Crippen LogP contribution in [0.3, 0.4) is 0 Å². The standard InChI is InChI=1S/C11H24O3S/c1-10(2,3)8-7-9(12)11(4,5)15(6,13)14/h9,12H,7-8H2,1-6H3. The molecule has 0 saturated heterocycles. The first-order valence-corrected chi connectivity index (χ1v) is 7.15. The molecule has 0 fully saturated rings. The van der Waals surface area contributed by atoms with Crippen LogP contribution < -0.4 is 0 Å². The minimum absolute atomic E-state index is 0.120. The number of hydrogen-bond acceptors (Lipinski definition) is 3. The van der Waals surface area contributed by atoms with Crippen LogP contribution in [-0.2, 0) is 9.84 Å². The molecule has 0 bridgehead atoms. The van der Waals surface area contributed by atoms with Crippen LogP contribution in [0.15, 0.2) is 0 Å². The molecule has 0 spiro atoms. The predicted octanol–water partition coefficient (Wildman–Crippen LogP) is 2.00. The Morgan fingerprint density at radius 3 is 1.80 bits per heavy atom. The van der Waals surface area contributed by atoms with Gasteiger partial charge in [-0.05, 0) is 32.1 Å². The molecule has 1 atom stereocenters. The van der Waals surface area contributed by atoms with E-state index < -0.39 is 20.7 Å². The maximum Gasteiger partial charge on any atom is 0.155 e. The fourth-order valence-electron chi connectivity index (χ4n) is 1.16. The van der Waals surface area contributed by atoms with Crippen LogP contribution in [0.2, 0.25) is 0 Å². The van der Waals surface area contributed by atoms with Crippen LogP contribution in [0, 0.1) is 5.41 Å². The van der Waals surface area contributed by atoms with Gasteiger partial charge in [-0.3, -0.25) is 0 Å². The Labute approximate surface area is 93.8 Å². The zero-order chi connectivity index (χ0) is 12.5. The maximum atomic E-state index is 11.5. The molecule has 92 valence electrons. The summed E-state index contributed by atoms with van der Waals surface area (Å²) in [5.41, 5.74) is 0.120. The van der Waals surface area contributed by atoms with Gasteiger partial charge in [0.2, 0.25) is 0 Å². The molecule has 0 radical (unpaired) electrons. The van der Waals surface area contributed by atoms with Crippen molar-refractivity contribution in [3.63, 3.8) is 0 Å². The zero-order valence-corrected chi connectivity index (χ0v) is 11.5. The third-order valence-electron chi connectivity index (χ3n) is 2.93. The number of hydrogen-bond donors (Lipinski definition) is 1. The van der Waals surface area contributed by atoms with Gasteiger partial charge in [0.15, 0.2) is 9.84 Å². The topological polar surface area (TPSA) is 54.4 Å². The Bertz CT molecular complexity index is 296. The third-order valence-corrected chi connectivity index (χ3v) is 5.11. The quantitative estimate of drug-likeness (QED) is 0.812. The van der Waals surface area contributed by atoms with Crippen molar-refractivity contribution in [2.24, 2.45) is 5.41 Å². The Morgan fingerprint density at radius 2 is 1.53 bits per heavy atom. The molecule has 0 aliphatic rings. The largest absolute Gasteiger partial charge is 0.392 e. The summed E-state index contributed by atoms with van der Waals surface area (Å²) < 4.78 is 21.9. The van der Waals surface area contributed by atoms with Crippen molar-refractivity contribution in [2.45, 2.75) is 58.3 Å². The van der Waals surface area contributed by atoms with Crippen LogP contribution in [-0.4, -0.2) is 30.6 Å². The van der Waals surface area contributed by atoms with Crippen LogP contribution in [0.4, 0.5) is 0 Å². The summed E-state index contributed by atoms with van der Waals surface area (Å²) in [7, 11) is -3.22. The van der Waals surface area contributed by atoms with Crippen LogP contribution >= 0.6 is 0 Å². The molecule has 1 N–H and O–H groups in total. The first kappa shape index (κ1) is 14.9. The second kappa shape index (κ2) is 4.42. The van der Waals surface area contributed by atoms with E-state index in [9.17, 15) is 13.5 Å². The Balaban J connectivity index is 4.54. The highest BCUT2D eigenvalue weighted by molar-refractivity contribution is 7.92. The number of rotatable bonds is 4. The van der Waals surface area contributed by atoms with E-state index >= 15 is 0 Å². The smallest absolute Gasteiger partial charge is 0.155 e. The highest BCUT2D eigenvalue weighted by atomic mass is 32.2. The summed E-state index contributed by atoms with van der Waals surface area (Å²) in [6.07, 6.45) is 1.70. The fourth-order valence-corrected chi connectivity index (χ4v) is 1.78. The first-order valence-electron chi connectivity index (χ1n) is 5.25. The fraction of sp³-hybridized carbons (Fsp3) is 1.00. The van der Waals surface area contributed by atoms with Crippen LogP contribution in [0.1, 0.15) is 47.5 Å². The number of aliphatic hydroxyl groups excluding tert-OH is 1. The van der Waals surface area contributed by atoms with E-state index in [-0.39, 0.29) is 5.41 Å². The van der Waals surface area contributed by atoms with Crippen LogP contribution in [0.5, 0.6) is 0 Å². The molecule has 0 aromatic heterocycles. The molecule has 3 nitrogen and oxygen atoms in total. The van der Waals surface area contributed by atoms with E-state index in [1.54, 1.807) is 13.8 Å². The zero-order valence-electron chi connectivity index (χ0n) is 10.7. The van der Waals surface area contributed by atoms with Gasteiger partial charge in [0, 0.05) is 6.26 Å².